The van der Waals surface area contributed by atoms with Crippen LogP contribution in [0, 0.1) is 0 Å². The highest BCUT2D eigenvalue weighted by molar-refractivity contribution is 9.11. The smallest absolute Gasteiger partial charge is 0.139 e. The van der Waals surface area contributed by atoms with Crippen LogP contribution in [0.25, 0.3) is 11.0 Å². The summed E-state index contributed by atoms with van der Waals surface area (Å²) in [5.74, 6) is 0. The average Bonchev–Trinajstić information content (AvgIpc) is 2.31. The lowest BCUT2D eigenvalue weighted by atomic mass is 10.3. The van der Waals surface area contributed by atoms with Gasteiger partial charge in [-0.25, -0.2) is 4.98 Å². The highest BCUT2D eigenvalue weighted by Crippen LogP contribution is 2.24. The first kappa shape index (κ1) is 7.31. The van der Waals surface area contributed by atoms with Crippen LogP contribution < -0.4 is 0 Å². The Morgan fingerprint density at radius 2 is 2.18 bits per heavy atom. The van der Waals surface area contributed by atoms with Gasteiger partial charge in [0.25, 0.3) is 0 Å². The number of halogens is 2. The fraction of sp³-hybridized carbons (Fsp3) is 0. The molecule has 2 rings (SSSR count). The van der Waals surface area contributed by atoms with Crippen LogP contribution in [0.1, 0.15) is 0 Å². The summed E-state index contributed by atoms with van der Waals surface area (Å²) in [4.78, 5) is 7.22. The van der Waals surface area contributed by atoms with E-state index in [1.54, 1.807) is 6.20 Å². The first-order chi connectivity index (χ1) is 5.27. The molecule has 1 N–H and O–H groups in total. The topological polar surface area (TPSA) is 28.7 Å². The van der Waals surface area contributed by atoms with Crippen molar-refractivity contribution in [2.45, 2.75) is 0 Å². The van der Waals surface area contributed by atoms with Gasteiger partial charge in [-0.15, -0.1) is 0 Å². The summed E-state index contributed by atoms with van der Waals surface area (Å²) in [5.41, 5.74) is 0.895. The number of hydrogen-bond donors (Lipinski definition) is 1. The molecule has 4 heteroatoms. The zero-order valence-electron chi connectivity index (χ0n) is 5.44. The van der Waals surface area contributed by atoms with Gasteiger partial charge in [-0.2, -0.15) is 0 Å². The van der Waals surface area contributed by atoms with Gasteiger partial charge in [-0.1, -0.05) is 0 Å². The quantitative estimate of drug-likeness (QED) is 0.786. The summed E-state index contributed by atoms with van der Waals surface area (Å²) in [5, 5.41) is 1.10. The van der Waals surface area contributed by atoms with Crippen LogP contribution in [-0.2, 0) is 0 Å². The Balaban J connectivity index is 2.90. The SMILES string of the molecule is Brc1cc2c(Br)ccnc2[nH]1. The van der Waals surface area contributed by atoms with Crippen molar-refractivity contribution in [3.63, 3.8) is 0 Å². The molecule has 0 saturated carbocycles. The second kappa shape index (κ2) is 2.60. The van der Waals surface area contributed by atoms with E-state index in [2.05, 4.69) is 41.8 Å². The zero-order valence-corrected chi connectivity index (χ0v) is 8.61. The van der Waals surface area contributed by atoms with Gasteiger partial charge in [0.1, 0.15) is 5.65 Å². The molecule has 2 nitrogen and oxygen atoms in total. The van der Waals surface area contributed by atoms with Crippen molar-refractivity contribution in [2.24, 2.45) is 0 Å². The fourth-order valence-corrected chi connectivity index (χ4v) is 1.80. The van der Waals surface area contributed by atoms with Gasteiger partial charge < -0.3 is 4.98 Å². The standard InChI is InChI=1S/C7H4Br2N2/c8-5-1-2-10-7-4(5)3-6(9)11-7/h1-3H,(H,10,11). The van der Waals surface area contributed by atoms with Crippen LogP contribution in [0.4, 0.5) is 0 Å². The van der Waals surface area contributed by atoms with E-state index < -0.39 is 0 Å². The first-order valence-electron chi connectivity index (χ1n) is 3.06. The van der Waals surface area contributed by atoms with Crippen molar-refractivity contribution in [2.75, 3.05) is 0 Å². The first-order valence-corrected chi connectivity index (χ1v) is 4.65. The van der Waals surface area contributed by atoms with E-state index in [0.717, 1.165) is 20.1 Å². The van der Waals surface area contributed by atoms with Crippen molar-refractivity contribution in [1.82, 2.24) is 9.97 Å². The second-order valence-corrected chi connectivity index (χ2v) is 3.88. The van der Waals surface area contributed by atoms with E-state index in [-0.39, 0.29) is 0 Å². The lowest BCUT2D eigenvalue weighted by Gasteiger charge is -1.89. The molecule has 2 heterocycles. The highest BCUT2D eigenvalue weighted by atomic mass is 79.9. The molecular formula is C7H4Br2N2. The maximum Gasteiger partial charge on any atom is 0.139 e. The number of H-pyrrole nitrogens is 1. The van der Waals surface area contributed by atoms with Crippen molar-refractivity contribution >= 4 is 42.9 Å². The molecule has 0 saturated heterocycles. The number of aromatic amines is 1. The maximum atomic E-state index is 4.15. The van der Waals surface area contributed by atoms with Gasteiger partial charge in [-0.3, -0.25) is 0 Å². The summed E-state index contributed by atoms with van der Waals surface area (Å²) in [6.07, 6.45) is 1.76. The van der Waals surface area contributed by atoms with Crippen LogP contribution in [0.5, 0.6) is 0 Å². The van der Waals surface area contributed by atoms with Crippen molar-refractivity contribution in [1.29, 1.82) is 0 Å². The third kappa shape index (κ3) is 1.20. The molecule has 0 radical (unpaired) electrons. The molecule has 11 heavy (non-hydrogen) atoms. The molecule has 0 aromatic carbocycles. The second-order valence-electron chi connectivity index (χ2n) is 2.17. The Bertz CT molecular complexity index is 394. The minimum Gasteiger partial charge on any atom is -0.334 e. The molecule has 0 aliphatic rings. The molecule has 0 aliphatic carbocycles. The predicted octanol–water partition coefficient (Wildman–Crippen LogP) is 3.09. The van der Waals surface area contributed by atoms with Crippen LogP contribution in [-0.4, -0.2) is 9.97 Å². The lowest BCUT2D eigenvalue weighted by Crippen LogP contribution is -1.74. The number of rotatable bonds is 0. The molecule has 2 aromatic heterocycles. The van der Waals surface area contributed by atoms with E-state index in [1.165, 1.54) is 0 Å². The van der Waals surface area contributed by atoms with E-state index in [0.29, 0.717) is 0 Å². The monoisotopic (exact) mass is 274 g/mol. The molecule has 2 aromatic rings. The van der Waals surface area contributed by atoms with Gasteiger partial charge in [0.15, 0.2) is 0 Å². The summed E-state index contributed by atoms with van der Waals surface area (Å²) in [7, 11) is 0. The predicted molar refractivity (Wildman–Crippen MR) is 51.5 cm³/mol. The summed E-state index contributed by atoms with van der Waals surface area (Å²) in [6.45, 7) is 0. The van der Waals surface area contributed by atoms with E-state index in [9.17, 15) is 0 Å². The number of hydrogen-bond acceptors (Lipinski definition) is 1. The molecule has 0 amide bonds. The summed E-state index contributed by atoms with van der Waals surface area (Å²) >= 11 is 6.77. The van der Waals surface area contributed by atoms with Crippen LogP contribution >= 0.6 is 31.9 Å². The zero-order chi connectivity index (χ0) is 7.84. The number of aromatic nitrogens is 2. The lowest BCUT2D eigenvalue weighted by molar-refractivity contribution is 1.30. The van der Waals surface area contributed by atoms with Crippen LogP contribution in [0.2, 0.25) is 0 Å². The van der Waals surface area contributed by atoms with Crippen LogP contribution in [0.3, 0.4) is 0 Å². The van der Waals surface area contributed by atoms with Gasteiger partial charge in [-0.05, 0) is 44.0 Å². The van der Waals surface area contributed by atoms with E-state index >= 15 is 0 Å². The van der Waals surface area contributed by atoms with E-state index in [1.807, 2.05) is 12.1 Å². The molecule has 56 valence electrons. The van der Waals surface area contributed by atoms with Gasteiger partial charge in [0.2, 0.25) is 0 Å². The fourth-order valence-electron chi connectivity index (χ4n) is 0.963. The summed E-state index contributed by atoms with van der Waals surface area (Å²) in [6, 6.07) is 3.91. The third-order valence-corrected chi connectivity index (χ3v) is 2.56. The Hall–Kier alpha value is -0.350. The highest BCUT2D eigenvalue weighted by Gasteiger charge is 2.01. The average molecular weight is 276 g/mol. The molecule has 0 spiro atoms. The number of pyridine rings is 1. The normalized spacial score (nSPS) is 10.7. The number of nitrogens with zero attached hydrogens (tertiary/aromatic N) is 1. The Labute approximate surface area is 80.3 Å². The number of nitrogens with one attached hydrogen (secondary N) is 1. The van der Waals surface area contributed by atoms with Crippen LogP contribution in [0.15, 0.2) is 27.4 Å². The molecule has 0 aliphatic heterocycles. The van der Waals surface area contributed by atoms with Gasteiger partial charge in [0.05, 0.1) is 4.60 Å². The molecular weight excluding hydrogens is 272 g/mol. The largest absolute Gasteiger partial charge is 0.334 e. The Morgan fingerprint density at radius 3 is 2.91 bits per heavy atom. The molecule has 0 atom stereocenters. The van der Waals surface area contributed by atoms with Gasteiger partial charge in [0, 0.05) is 16.1 Å². The van der Waals surface area contributed by atoms with Crippen molar-refractivity contribution < 1.29 is 0 Å². The van der Waals surface area contributed by atoms with E-state index in [4.69, 9.17) is 0 Å². The molecule has 0 fully saturated rings. The third-order valence-electron chi connectivity index (χ3n) is 1.45. The minimum atomic E-state index is 0.895. The van der Waals surface area contributed by atoms with Crippen molar-refractivity contribution in [3.05, 3.63) is 27.4 Å². The van der Waals surface area contributed by atoms with Gasteiger partial charge >= 0.3 is 0 Å². The summed E-state index contributed by atoms with van der Waals surface area (Å²) < 4.78 is 2.01. The molecule has 0 bridgehead atoms. The maximum absolute atomic E-state index is 4.15. The minimum absolute atomic E-state index is 0.895. The molecule has 0 unspecified atom stereocenters. The van der Waals surface area contributed by atoms with Crippen molar-refractivity contribution in [3.8, 4) is 0 Å². The number of fused-ring (bicyclic) bond motifs is 1. The Kier molecular flexibility index (Phi) is 1.73. The Morgan fingerprint density at radius 1 is 1.36 bits per heavy atom.